The third kappa shape index (κ3) is 5.51. The first kappa shape index (κ1) is 33.3. The highest BCUT2D eigenvalue weighted by molar-refractivity contribution is 6.23. The average Bonchev–Trinajstić information content (AvgIpc) is 3.65. The monoisotopic (exact) mass is 749 g/mol. The van der Waals surface area contributed by atoms with E-state index < -0.39 is 0 Å². The first-order valence-corrected chi connectivity index (χ1v) is 20.1. The van der Waals surface area contributed by atoms with Crippen LogP contribution in [0.3, 0.4) is 0 Å². The molecule has 0 aliphatic rings. The van der Waals surface area contributed by atoms with Crippen LogP contribution in [0, 0.1) is 0 Å². The molecule has 274 valence electrons. The molecule has 0 amide bonds. The van der Waals surface area contributed by atoms with Crippen molar-refractivity contribution >= 4 is 65.2 Å². The number of para-hydroxylation sites is 2. The van der Waals surface area contributed by atoms with Gasteiger partial charge in [0.15, 0.2) is 0 Å². The maximum absolute atomic E-state index is 4.80. The lowest BCUT2D eigenvalue weighted by molar-refractivity contribution is 1.18. The molecule has 2 heterocycles. The Morgan fingerprint density at radius 1 is 0.271 bits per heavy atom. The lowest BCUT2D eigenvalue weighted by atomic mass is 9.93. The quantitative estimate of drug-likeness (QED) is 0.164. The van der Waals surface area contributed by atoms with Gasteiger partial charge in [-0.25, -0.2) is 0 Å². The Balaban J connectivity index is 0.871. The van der Waals surface area contributed by atoms with Gasteiger partial charge in [-0.1, -0.05) is 140 Å². The molecule has 2 aromatic heterocycles. The number of benzene rings is 10. The van der Waals surface area contributed by atoms with Crippen molar-refractivity contribution in [2.24, 2.45) is 0 Å². The maximum atomic E-state index is 4.80. The summed E-state index contributed by atoms with van der Waals surface area (Å²) in [7, 11) is 0. The second-order valence-corrected chi connectivity index (χ2v) is 15.4. The fourth-order valence-corrected chi connectivity index (χ4v) is 9.18. The van der Waals surface area contributed by atoms with E-state index in [-0.39, 0.29) is 0 Å². The molecule has 3 nitrogen and oxygen atoms in total. The van der Waals surface area contributed by atoms with Crippen LogP contribution in [0.1, 0.15) is 0 Å². The highest BCUT2D eigenvalue weighted by Crippen LogP contribution is 2.38. The van der Waals surface area contributed by atoms with E-state index in [9.17, 15) is 0 Å². The van der Waals surface area contributed by atoms with Crippen molar-refractivity contribution in [3.8, 4) is 50.2 Å². The van der Waals surface area contributed by atoms with Crippen LogP contribution in [0.5, 0.6) is 0 Å². The van der Waals surface area contributed by atoms with Crippen LogP contribution in [-0.2, 0) is 0 Å². The van der Waals surface area contributed by atoms with Gasteiger partial charge < -0.3 is 4.57 Å². The molecule has 3 heteroatoms. The lowest BCUT2D eigenvalue weighted by Gasteiger charge is -2.12. The SMILES string of the molecule is c1ccc(-n2c3ccccc3c3cc(-c4ccc5cc(-c6cccc(-c7cccc(-c8ccc9c%10ccccc%10c%10nccnc%10c9c8)c7)c6)ccc5c4)ccc32)cc1. The number of hydrogen-bond donors (Lipinski definition) is 0. The first-order valence-electron chi connectivity index (χ1n) is 20.1. The summed E-state index contributed by atoms with van der Waals surface area (Å²) in [6.45, 7) is 0. The summed E-state index contributed by atoms with van der Waals surface area (Å²) in [5.41, 5.74) is 15.0. The number of fused-ring (bicyclic) bond motifs is 10. The summed E-state index contributed by atoms with van der Waals surface area (Å²) in [4.78, 5) is 9.54. The molecule has 0 atom stereocenters. The summed E-state index contributed by atoms with van der Waals surface area (Å²) in [5.74, 6) is 0. The van der Waals surface area contributed by atoms with Crippen LogP contribution in [0.2, 0.25) is 0 Å². The van der Waals surface area contributed by atoms with Gasteiger partial charge >= 0.3 is 0 Å². The van der Waals surface area contributed by atoms with Gasteiger partial charge in [-0.3, -0.25) is 9.97 Å². The van der Waals surface area contributed by atoms with Crippen molar-refractivity contribution < 1.29 is 0 Å². The molecular weight excluding hydrogens is 715 g/mol. The molecule has 0 N–H and O–H groups in total. The zero-order valence-electron chi connectivity index (χ0n) is 32.0. The fourth-order valence-electron chi connectivity index (χ4n) is 9.18. The van der Waals surface area contributed by atoms with Crippen LogP contribution in [0.25, 0.3) is 115 Å². The van der Waals surface area contributed by atoms with Gasteiger partial charge in [0.1, 0.15) is 0 Å². The van der Waals surface area contributed by atoms with E-state index >= 15 is 0 Å². The lowest BCUT2D eigenvalue weighted by Crippen LogP contribution is -1.92. The minimum Gasteiger partial charge on any atom is -0.309 e. The van der Waals surface area contributed by atoms with Crippen molar-refractivity contribution in [3.05, 3.63) is 213 Å². The molecule has 59 heavy (non-hydrogen) atoms. The molecule has 0 bridgehead atoms. The van der Waals surface area contributed by atoms with Crippen LogP contribution < -0.4 is 0 Å². The zero-order valence-corrected chi connectivity index (χ0v) is 32.0. The predicted octanol–water partition coefficient (Wildman–Crippen LogP) is 14.9. The Morgan fingerprint density at radius 3 is 1.39 bits per heavy atom. The molecule has 10 aromatic carbocycles. The second kappa shape index (κ2) is 13.4. The van der Waals surface area contributed by atoms with Crippen LogP contribution in [0.4, 0.5) is 0 Å². The van der Waals surface area contributed by atoms with Gasteiger partial charge in [0.05, 0.1) is 22.1 Å². The molecule has 12 rings (SSSR count). The number of rotatable bonds is 5. The van der Waals surface area contributed by atoms with Gasteiger partial charge in [-0.15, -0.1) is 0 Å². The van der Waals surface area contributed by atoms with E-state index in [0.717, 1.165) is 27.4 Å². The number of nitrogens with zero attached hydrogens (tertiary/aromatic N) is 3. The van der Waals surface area contributed by atoms with Crippen molar-refractivity contribution in [2.75, 3.05) is 0 Å². The second-order valence-electron chi connectivity index (χ2n) is 15.4. The van der Waals surface area contributed by atoms with E-state index in [0.29, 0.717) is 0 Å². The highest BCUT2D eigenvalue weighted by Gasteiger charge is 2.15. The largest absolute Gasteiger partial charge is 0.309 e. The van der Waals surface area contributed by atoms with Crippen LogP contribution in [0.15, 0.2) is 213 Å². The fraction of sp³-hybridized carbons (Fsp3) is 0. The molecule has 12 aromatic rings. The Morgan fingerprint density at radius 2 is 0.729 bits per heavy atom. The van der Waals surface area contributed by atoms with Gasteiger partial charge in [-0.2, -0.15) is 0 Å². The molecule has 0 aliphatic heterocycles. The standard InChI is InChI=1S/C56H35N3/c1-2-14-46(15-3-1)59-53-19-7-6-17-49(53)51-34-45(25-27-54(51)59)43-23-22-41-32-40(20-21-42(41)33-43)38-12-8-10-36(30-38)37-11-9-13-39(31-37)44-24-26-48-47-16-4-5-18-50(47)55-56(52(48)35-44)58-29-28-57-55/h1-35H. The first-order chi connectivity index (χ1) is 29.2. The van der Waals surface area contributed by atoms with Crippen molar-refractivity contribution in [2.45, 2.75) is 0 Å². The maximum Gasteiger partial charge on any atom is 0.0971 e. The summed E-state index contributed by atoms with van der Waals surface area (Å²) in [6, 6.07) is 72.9. The van der Waals surface area contributed by atoms with E-state index in [2.05, 4.69) is 205 Å². The molecule has 0 radical (unpaired) electrons. The molecule has 0 saturated heterocycles. The Hall–Kier alpha value is -7.88. The van der Waals surface area contributed by atoms with Crippen LogP contribution in [-0.4, -0.2) is 14.5 Å². The van der Waals surface area contributed by atoms with Crippen LogP contribution >= 0.6 is 0 Å². The third-order valence-electron chi connectivity index (χ3n) is 12.0. The summed E-state index contributed by atoms with van der Waals surface area (Å²) < 4.78 is 2.37. The summed E-state index contributed by atoms with van der Waals surface area (Å²) in [6.07, 6.45) is 3.57. The molecule has 0 fully saturated rings. The molecule has 0 unspecified atom stereocenters. The third-order valence-corrected chi connectivity index (χ3v) is 12.0. The highest BCUT2D eigenvalue weighted by atomic mass is 15.0. The Kier molecular flexibility index (Phi) is 7.54. The van der Waals surface area contributed by atoms with E-state index in [1.54, 1.807) is 12.4 Å². The van der Waals surface area contributed by atoms with E-state index in [4.69, 9.17) is 9.97 Å². The summed E-state index contributed by atoms with van der Waals surface area (Å²) in [5, 5.41) is 9.61. The van der Waals surface area contributed by atoms with Gasteiger partial charge in [-0.05, 0) is 127 Å². The Bertz CT molecular complexity index is 3580. The van der Waals surface area contributed by atoms with Gasteiger partial charge in [0.25, 0.3) is 0 Å². The zero-order chi connectivity index (χ0) is 38.9. The number of aromatic nitrogens is 3. The van der Waals surface area contributed by atoms with E-state index in [1.807, 2.05) is 0 Å². The molecule has 0 aliphatic carbocycles. The van der Waals surface area contributed by atoms with Gasteiger partial charge in [0, 0.05) is 39.6 Å². The average molecular weight is 750 g/mol. The van der Waals surface area contributed by atoms with Gasteiger partial charge in [0.2, 0.25) is 0 Å². The Labute approximate surface area is 341 Å². The molecule has 0 saturated carbocycles. The minimum atomic E-state index is 0.934. The smallest absolute Gasteiger partial charge is 0.0971 e. The predicted molar refractivity (Wildman–Crippen MR) is 248 cm³/mol. The normalized spacial score (nSPS) is 11.7. The summed E-state index contributed by atoms with van der Waals surface area (Å²) >= 11 is 0. The van der Waals surface area contributed by atoms with Crippen molar-refractivity contribution in [1.29, 1.82) is 0 Å². The minimum absolute atomic E-state index is 0.934. The topological polar surface area (TPSA) is 30.7 Å². The number of hydrogen-bond acceptors (Lipinski definition) is 2. The molecule has 0 spiro atoms. The molecular formula is C56H35N3. The van der Waals surface area contributed by atoms with Crippen molar-refractivity contribution in [3.63, 3.8) is 0 Å². The van der Waals surface area contributed by atoms with Crippen molar-refractivity contribution in [1.82, 2.24) is 14.5 Å². The van der Waals surface area contributed by atoms with E-state index in [1.165, 1.54) is 88.0 Å².